The molecule has 0 bridgehead atoms. The fourth-order valence-electron chi connectivity index (χ4n) is 1.41. The van der Waals surface area contributed by atoms with E-state index in [0.717, 1.165) is 0 Å². The van der Waals surface area contributed by atoms with Crippen LogP contribution in [0.25, 0.3) is 0 Å². The Hall–Kier alpha value is -1.45. The molecule has 0 spiro atoms. The summed E-state index contributed by atoms with van der Waals surface area (Å²) in [5, 5.41) is 0. The van der Waals surface area contributed by atoms with Gasteiger partial charge in [-0.3, -0.25) is 10.2 Å². The second-order valence-corrected chi connectivity index (χ2v) is 4.05. The molecule has 0 atom stereocenters. The van der Waals surface area contributed by atoms with Gasteiger partial charge in [-0.25, -0.2) is 5.84 Å². The van der Waals surface area contributed by atoms with E-state index < -0.39 is 5.91 Å². The van der Waals surface area contributed by atoms with Crippen LogP contribution in [-0.2, 0) is 25.6 Å². The smallest absolute Gasteiger partial charge is 0.268 e. The van der Waals surface area contributed by atoms with E-state index in [2.05, 4.69) is 0 Å². The van der Waals surface area contributed by atoms with Gasteiger partial charge in [-0.2, -0.15) is 0 Å². The average molecular weight is 302 g/mol. The number of nitrogens with one attached hydrogen (secondary N) is 1. The number of carbonyl (C=O) groups is 1. The number of ether oxygens (including phenoxy) is 4. The number of nitrogen functional groups attached to an aromatic ring is 1. The van der Waals surface area contributed by atoms with Gasteiger partial charge in [0.1, 0.15) is 18.6 Å². The van der Waals surface area contributed by atoms with E-state index in [1.165, 1.54) is 6.26 Å². The molecule has 8 heteroatoms. The summed E-state index contributed by atoms with van der Waals surface area (Å²) in [4.78, 5) is 11.2. The minimum Gasteiger partial charge on any atom is -0.466 e. The maximum absolute atomic E-state index is 11.2. The Labute approximate surface area is 123 Å². The average Bonchev–Trinajstić information content (AvgIpc) is 2.97. The van der Waals surface area contributed by atoms with Crippen molar-refractivity contribution in [1.82, 2.24) is 5.43 Å². The molecule has 0 radical (unpaired) electrons. The number of hydrazine groups is 1. The van der Waals surface area contributed by atoms with Crippen LogP contribution in [0.2, 0.25) is 0 Å². The molecular formula is C13H22N2O6. The fourth-order valence-corrected chi connectivity index (χ4v) is 1.41. The van der Waals surface area contributed by atoms with Crippen molar-refractivity contribution < 1.29 is 28.2 Å². The topological polar surface area (TPSA) is 105 Å². The molecule has 0 aliphatic carbocycles. The molecule has 1 rings (SSSR count). The number of amides is 1. The number of rotatable bonds is 12. The van der Waals surface area contributed by atoms with Crippen LogP contribution < -0.4 is 11.3 Å². The van der Waals surface area contributed by atoms with E-state index in [-0.39, 0.29) is 6.61 Å². The van der Waals surface area contributed by atoms with Crippen molar-refractivity contribution in [1.29, 1.82) is 0 Å². The molecule has 0 aliphatic rings. The minimum atomic E-state index is -0.401. The van der Waals surface area contributed by atoms with Gasteiger partial charge in [0, 0.05) is 7.11 Å². The molecule has 1 aromatic heterocycles. The molecule has 0 unspecified atom stereocenters. The monoisotopic (exact) mass is 302 g/mol. The van der Waals surface area contributed by atoms with E-state index in [9.17, 15) is 4.79 Å². The van der Waals surface area contributed by atoms with Gasteiger partial charge >= 0.3 is 0 Å². The second-order valence-electron chi connectivity index (χ2n) is 4.05. The van der Waals surface area contributed by atoms with Crippen LogP contribution in [0.15, 0.2) is 16.7 Å². The van der Waals surface area contributed by atoms with Crippen LogP contribution in [0.3, 0.4) is 0 Å². The second kappa shape index (κ2) is 11.2. The molecule has 1 heterocycles. The molecule has 8 nitrogen and oxygen atoms in total. The van der Waals surface area contributed by atoms with Gasteiger partial charge in [-0.05, 0) is 6.07 Å². The van der Waals surface area contributed by atoms with Gasteiger partial charge < -0.3 is 23.4 Å². The zero-order valence-electron chi connectivity index (χ0n) is 12.1. The molecule has 0 fully saturated rings. The zero-order chi connectivity index (χ0) is 15.3. The Morgan fingerprint density at radius 3 is 2.38 bits per heavy atom. The van der Waals surface area contributed by atoms with Crippen molar-refractivity contribution >= 4 is 5.91 Å². The largest absolute Gasteiger partial charge is 0.466 e. The molecular weight excluding hydrogens is 280 g/mol. The first-order valence-corrected chi connectivity index (χ1v) is 6.58. The minimum absolute atomic E-state index is 0.269. The van der Waals surface area contributed by atoms with E-state index >= 15 is 0 Å². The van der Waals surface area contributed by atoms with Crippen molar-refractivity contribution in [2.24, 2.45) is 5.84 Å². The highest BCUT2D eigenvalue weighted by atomic mass is 16.6. The molecule has 1 aromatic rings. The summed E-state index contributed by atoms with van der Waals surface area (Å²) in [5.74, 6) is 5.16. The predicted molar refractivity (Wildman–Crippen MR) is 73.5 cm³/mol. The van der Waals surface area contributed by atoms with Crippen LogP contribution in [0.1, 0.15) is 16.1 Å². The molecule has 120 valence electrons. The number of hydrogen-bond donors (Lipinski definition) is 2. The highest BCUT2D eigenvalue weighted by Crippen LogP contribution is 2.08. The standard InChI is InChI=1S/C13H22N2O6/c1-17-2-3-18-4-5-19-6-7-20-10-12-8-11(9-21-12)13(16)15-14/h8-9H,2-7,10,14H2,1H3,(H,15,16). The summed E-state index contributed by atoms with van der Waals surface area (Å²) < 4.78 is 25.9. The summed E-state index contributed by atoms with van der Waals surface area (Å²) in [6.07, 6.45) is 1.33. The number of nitrogens with two attached hydrogens (primary N) is 1. The van der Waals surface area contributed by atoms with E-state index in [0.29, 0.717) is 51.0 Å². The van der Waals surface area contributed by atoms with Crippen LogP contribution in [-0.4, -0.2) is 52.7 Å². The predicted octanol–water partition coefficient (Wildman–Crippen LogP) is 0.0793. The molecule has 0 aliphatic heterocycles. The quantitative estimate of drug-likeness (QED) is 0.244. The van der Waals surface area contributed by atoms with Crippen LogP contribution >= 0.6 is 0 Å². The van der Waals surface area contributed by atoms with E-state index in [4.69, 9.17) is 29.2 Å². The SMILES string of the molecule is COCCOCCOCCOCc1cc(C(=O)NN)co1. The van der Waals surface area contributed by atoms with Gasteiger partial charge in [-0.1, -0.05) is 0 Å². The highest BCUT2D eigenvalue weighted by molar-refractivity contribution is 5.93. The van der Waals surface area contributed by atoms with Crippen molar-refractivity contribution in [2.75, 3.05) is 46.8 Å². The van der Waals surface area contributed by atoms with E-state index in [1.54, 1.807) is 13.2 Å². The Kier molecular flexibility index (Phi) is 9.42. The summed E-state index contributed by atoms with van der Waals surface area (Å²) in [6.45, 7) is 3.34. The van der Waals surface area contributed by atoms with Gasteiger partial charge in [0.15, 0.2) is 0 Å². The van der Waals surface area contributed by atoms with Crippen molar-refractivity contribution in [3.63, 3.8) is 0 Å². The van der Waals surface area contributed by atoms with Gasteiger partial charge in [-0.15, -0.1) is 0 Å². The molecule has 1 amide bonds. The summed E-state index contributed by atoms with van der Waals surface area (Å²) in [6, 6.07) is 1.58. The summed E-state index contributed by atoms with van der Waals surface area (Å²) in [5.41, 5.74) is 2.39. The number of furan rings is 1. The lowest BCUT2D eigenvalue weighted by molar-refractivity contribution is -0.00125. The van der Waals surface area contributed by atoms with Gasteiger partial charge in [0.2, 0.25) is 0 Å². The van der Waals surface area contributed by atoms with Crippen molar-refractivity contribution in [3.05, 3.63) is 23.7 Å². The third kappa shape index (κ3) is 7.78. The molecule has 0 aromatic carbocycles. The maximum Gasteiger partial charge on any atom is 0.268 e. The molecule has 21 heavy (non-hydrogen) atoms. The fraction of sp³-hybridized carbons (Fsp3) is 0.615. The van der Waals surface area contributed by atoms with E-state index in [1.807, 2.05) is 5.43 Å². The number of carbonyl (C=O) groups excluding carboxylic acids is 1. The highest BCUT2D eigenvalue weighted by Gasteiger charge is 2.08. The number of hydrogen-bond acceptors (Lipinski definition) is 7. The van der Waals surface area contributed by atoms with Crippen molar-refractivity contribution in [3.8, 4) is 0 Å². The lowest BCUT2D eigenvalue weighted by Gasteiger charge is -2.05. The lowest BCUT2D eigenvalue weighted by Crippen LogP contribution is -2.29. The lowest BCUT2D eigenvalue weighted by atomic mass is 10.3. The molecule has 0 saturated carbocycles. The first kappa shape index (κ1) is 17.6. The zero-order valence-corrected chi connectivity index (χ0v) is 12.1. The van der Waals surface area contributed by atoms with Gasteiger partial charge in [0.25, 0.3) is 5.91 Å². The Bertz CT molecular complexity index is 396. The van der Waals surface area contributed by atoms with Crippen LogP contribution in [0.4, 0.5) is 0 Å². The Morgan fingerprint density at radius 1 is 1.14 bits per heavy atom. The van der Waals surface area contributed by atoms with Crippen LogP contribution in [0.5, 0.6) is 0 Å². The maximum atomic E-state index is 11.2. The Morgan fingerprint density at radius 2 is 1.76 bits per heavy atom. The third-order valence-corrected chi connectivity index (χ3v) is 2.47. The number of methoxy groups -OCH3 is 1. The summed E-state index contributed by atoms with van der Waals surface area (Å²) in [7, 11) is 1.63. The van der Waals surface area contributed by atoms with Crippen LogP contribution in [0, 0.1) is 0 Å². The molecule has 3 N–H and O–H groups in total. The first-order chi connectivity index (χ1) is 10.3. The third-order valence-electron chi connectivity index (χ3n) is 2.47. The Balaban J connectivity index is 1.97. The normalized spacial score (nSPS) is 10.8. The van der Waals surface area contributed by atoms with Gasteiger partial charge in [0.05, 0.1) is 45.2 Å². The first-order valence-electron chi connectivity index (χ1n) is 6.58. The summed E-state index contributed by atoms with van der Waals surface area (Å²) >= 11 is 0. The molecule has 0 saturated heterocycles. The van der Waals surface area contributed by atoms with Crippen molar-refractivity contribution in [2.45, 2.75) is 6.61 Å².